The SMILES string of the molecule is Cc1ccc2c(Cn3nnc(-c4cccc(C(=O)OC(C)C)c4)n3)cc(=O)oc2c1. The van der Waals surface area contributed by atoms with Crippen LogP contribution in [0.2, 0.25) is 0 Å². The number of aryl methyl sites for hydroxylation is 1. The lowest BCUT2D eigenvalue weighted by molar-refractivity contribution is 0.0378. The minimum absolute atomic E-state index is 0.206. The van der Waals surface area contributed by atoms with Crippen LogP contribution in [0.4, 0.5) is 0 Å². The Balaban J connectivity index is 1.62. The number of carbonyl (C=O) groups excluding carboxylic acids is 1. The van der Waals surface area contributed by atoms with Crippen molar-refractivity contribution in [3.63, 3.8) is 0 Å². The molecule has 0 aliphatic rings. The zero-order valence-corrected chi connectivity index (χ0v) is 16.8. The topological polar surface area (TPSA) is 100 Å². The minimum atomic E-state index is -0.431. The molecule has 4 rings (SSSR count). The third-order valence-corrected chi connectivity index (χ3v) is 4.45. The van der Waals surface area contributed by atoms with Crippen molar-refractivity contribution in [1.29, 1.82) is 0 Å². The Morgan fingerprint density at radius 3 is 2.80 bits per heavy atom. The minimum Gasteiger partial charge on any atom is -0.459 e. The number of aromatic nitrogens is 4. The summed E-state index contributed by atoms with van der Waals surface area (Å²) in [6.45, 7) is 5.78. The average Bonchev–Trinajstić information content (AvgIpc) is 3.15. The van der Waals surface area contributed by atoms with E-state index in [1.807, 2.05) is 25.1 Å². The molecular weight excluding hydrogens is 384 g/mol. The molecule has 2 aromatic heterocycles. The Morgan fingerprint density at radius 1 is 1.17 bits per heavy atom. The van der Waals surface area contributed by atoms with Crippen molar-refractivity contribution in [3.05, 3.63) is 75.6 Å². The van der Waals surface area contributed by atoms with Crippen LogP contribution in [0.3, 0.4) is 0 Å². The maximum Gasteiger partial charge on any atom is 0.338 e. The van der Waals surface area contributed by atoms with Gasteiger partial charge in [0.15, 0.2) is 0 Å². The standard InChI is InChI=1S/C22H20N4O4/c1-13(2)29-22(28)16-6-4-5-15(10-16)21-23-25-26(24-21)12-17-11-20(27)30-19-9-14(3)7-8-18(17)19/h4-11,13H,12H2,1-3H3. The summed E-state index contributed by atoms with van der Waals surface area (Å²) in [7, 11) is 0. The highest BCUT2D eigenvalue weighted by atomic mass is 16.5. The van der Waals surface area contributed by atoms with Crippen molar-refractivity contribution in [2.45, 2.75) is 33.4 Å². The van der Waals surface area contributed by atoms with Crippen molar-refractivity contribution in [2.24, 2.45) is 0 Å². The fourth-order valence-corrected chi connectivity index (χ4v) is 3.11. The van der Waals surface area contributed by atoms with E-state index in [-0.39, 0.29) is 12.6 Å². The van der Waals surface area contributed by atoms with Crippen molar-refractivity contribution in [1.82, 2.24) is 20.2 Å². The van der Waals surface area contributed by atoms with Gasteiger partial charge in [0, 0.05) is 17.0 Å². The molecule has 0 saturated heterocycles. The van der Waals surface area contributed by atoms with Crippen LogP contribution in [0.5, 0.6) is 0 Å². The van der Waals surface area contributed by atoms with Gasteiger partial charge in [-0.15, -0.1) is 10.2 Å². The smallest absolute Gasteiger partial charge is 0.338 e. The molecule has 0 atom stereocenters. The molecule has 4 aromatic rings. The summed E-state index contributed by atoms with van der Waals surface area (Å²) < 4.78 is 10.5. The molecule has 2 heterocycles. The van der Waals surface area contributed by atoms with E-state index in [0.29, 0.717) is 22.5 Å². The van der Waals surface area contributed by atoms with E-state index in [1.54, 1.807) is 38.1 Å². The second kappa shape index (κ2) is 7.90. The van der Waals surface area contributed by atoms with E-state index in [2.05, 4.69) is 15.4 Å². The first-order chi connectivity index (χ1) is 14.4. The Bertz CT molecular complexity index is 1290. The summed E-state index contributed by atoms with van der Waals surface area (Å²) in [5.74, 6) is -0.0330. The molecule has 0 radical (unpaired) electrons. The van der Waals surface area contributed by atoms with E-state index in [1.165, 1.54) is 10.9 Å². The lowest BCUT2D eigenvalue weighted by atomic mass is 10.1. The first-order valence-corrected chi connectivity index (χ1v) is 9.51. The van der Waals surface area contributed by atoms with Gasteiger partial charge in [0.1, 0.15) is 5.58 Å². The van der Waals surface area contributed by atoms with Crippen LogP contribution in [0.1, 0.15) is 35.3 Å². The van der Waals surface area contributed by atoms with Crippen molar-refractivity contribution in [3.8, 4) is 11.4 Å². The van der Waals surface area contributed by atoms with Gasteiger partial charge in [-0.3, -0.25) is 0 Å². The van der Waals surface area contributed by atoms with E-state index in [0.717, 1.165) is 16.5 Å². The van der Waals surface area contributed by atoms with Crippen molar-refractivity contribution in [2.75, 3.05) is 0 Å². The predicted molar refractivity (Wildman–Crippen MR) is 110 cm³/mol. The van der Waals surface area contributed by atoms with Crippen molar-refractivity contribution >= 4 is 16.9 Å². The second-order valence-corrected chi connectivity index (χ2v) is 7.27. The van der Waals surface area contributed by atoms with Crippen LogP contribution in [-0.2, 0) is 11.3 Å². The Labute approximate surface area is 172 Å². The van der Waals surface area contributed by atoms with E-state index < -0.39 is 11.6 Å². The molecule has 0 aliphatic heterocycles. The molecule has 0 saturated carbocycles. The molecular formula is C22H20N4O4. The Kier molecular flexibility index (Phi) is 5.14. The number of nitrogens with zero attached hydrogens (tertiary/aromatic N) is 4. The molecule has 0 N–H and O–H groups in total. The summed E-state index contributed by atoms with van der Waals surface area (Å²) in [4.78, 5) is 25.5. The Morgan fingerprint density at radius 2 is 2.00 bits per heavy atom. The van der Waals surface area contributed by atoms with Gasteiger partial charge in [0.25, 0.3) is 0 Å². The van der Waals surface area contributed by atoms with Gasteiger partial charge >= 0.3 is 11.6 Å². The highest BCUT2D eigenvalue weighted by Gasteiger charge is 2.14. The molecule has 0 fully saturated rings. The quantitative estimate of drug-likeness (QED) is 0.371. The number of hydrogen-bond donors (Lipinski definition) is 0. The van der Waals surface area contributed by atoms with Crippen LogP contribution in [-0.4, -0.2) is 32.3 Å². The molecule has 0 bridgehead atoms. The monoisotopic (exact) mass is 404 g/mol. The highest BCUT2D eigenvalue weighted by Crippen LogP contribution is 2.20. The summed E-state index contributed by atoms with van der Waals surface area (Å²) in [6.07, 6.45) is -0.206. The van der Waals surface area contributed by atoms with Crippen LogP contribution in [0.25, 0.3) is 22.4 Å². The summed E-state index contributed by atoms with van der Waals surface area (Å²) in [6, 6.07) is 14.0. The van der Waals surface area contributed by atoms with Crippen LogP contribution in [0.15, 0.2) is 57.7 Å². The Hall–Kier alpha value is -3.81. The number of ether oxygens (including phenoxy) is 1. The van der Waals surface area contributed by atoms with E-state index in [9.17, 15) is 9.59 Å². The predicted octanol–water partition coefficient (Wildman–Crippen LogP) is 3.37. The second-order valence-electron chi connectivity index (χ2n) is 7.27. The number of tetrazole rings is 1. The molecule has 2 aromatic carbocycles. The largest absolute Gasteiger partial charge is 0.459 e. The highest BCUT2D eigenvalue weighted by molar-refractivity contribution is 5.90. The number of fused-ring (bicyclic) bond motifs is 1. The molecule has 30 heavy (non-hydrogen) atoms. The number of esters is 1. The van der Waals surface area contributed by atoms with Gasteiger partial charge in [-0.05, 0) is 55.3 Å². The van der Waals surface area contributed by atoms with Crippen LogP contribution >= 0.6 is 0 Å². The number of benzene rings is 2. The van der Waals surface area contributed by atoms with Crippen LogP contribution in [0, 0.1) is 6.92 Å². The first-order valence-electron chi connectivity index (χ1n) is 9.51. The van der Waals surface area contributed by atoms with E-state index in [4.69, 9.17) is 9.15 Å². The fraction of sp³-hybridized carbons (Fsp3) is 0.227. The molecule has 0 amide bonds. The zero-order chi connectivity index (χ0) is 21.3. The van der Waals surface area contributed by atoms with Gasteiger partial charge in [-0.1, -0.05) is 24.3 Å². The van der Waals surface area contributed by atoms with E-state index >= 15 is 0 Å². The number of hydrogen-bond acceptors (Lipinski definition) is 7. The average molecular weight is 404 g/mol. The molecule has 8 nitrogen and oxygen atoms in total. The molecule has 0 spiro atoms. The van der Waals surface area contributed by atoms with Gasteiger partial charge in [-0.2, -0.15) is 4.80 Å². The fourth-order valence-electron chi connectivity index (χ4n) is 3.11. The zero-order valence-electron chi connectivity index (χ0n) is 16.8. The van der Waals surface area contributed by atoms with Crippen molar-refractivity contribution < 1.29 is 13.9 Å². The lowest BCUT2D eigenvalue weighted by Crippen LogP contribution is -2.11. The van der Waals surface area contributed by atoms with Crippen LogP contribution < -0.4 is 5.63 Å². The number of carbonyl (C=O) groups is 1. The maximum absolute atomic E-state index is 12.1. The molecule has 8 heteroatoms. The normalized spacial score (nSPS) is 11.2. The number of rotatable bonds is 5. The van der Waals surface area contributed by atoms with Gasteiger partial charge in [-0.25, -0.2) is 9.59 Å². The lowest BCUT2D eigenvalue weighted by Gasteiger charge is -2.08. The third kappa shape index (κ3) is 4.12. The summed E-state index contributed by atoms with van der Waals surface area (Å²) in [5, 5.41) is 13.4. The molecule has 0 aliphatic carbocycles. The third-order valence-electron chi connectivity index (χ3n) is 4.45. The van der Waals surface area contributed by atoms with Gasteiger partial charge < -0.3 is 9.15 Å². The summed E-state index contributed by atoms with van der Waals surface area (Å²) in [5.41, 5.74) is 2.89. The maximum atomic E-state index is 12.1. The molecule has 152 valence electrons. The van der Waals surface area contributed by atoms with Gasteiger partial charge in [0.05, 0.1) is 18.2 Å². The van der Waals surface area contributed by atoms with Gasteiger partial charge in [0.2, 0.25) is 5.82 Å². The summed E-state index contributed by atoms with van der Waals surface area (Å²) >= 11 is 0. The first kappa shape index (κ1) is 19.5. The molecule has 0 unspecified atom stereocenters.